The Balaban J connectivity index is 1.58. The smallest absolute Gasteiger partial charge is 0.229 e. The fourth-order valence-electron chi connectivity index (χ4n) is 3.50. The lowest BCUT2D eigenvalue weighted by atomic mass is 10.1. The first kappa shape index (κ1) is 17.6. The van der Waals surface area contributed by atoms with Gasteiger partial charge >= 0.3 is 0 Å². The highest BCUT2D eigenvalue weighted by Crippen LogP contribution is 2.18. The van der Waals surface area contributed by atoms with Gasteiger partial charge in [0.1, 0.15) is 0 Å². The van der Waals surface area contributed by atoms with Crippen molar-refractivity contribution in [1.29, 1.82) is 0 Å². The van der Waals surface area contributed by atoms with Crippen molar-refractivity contribution in [3.8, 4) is 0 Å². The molecule has 3 amide bonds. The van der Waals surface area contributed by atoms with Crippen LogP contribution in [0, 0.1) is 0 Å². The Hall–Kier alpha value is -2.21. The van der Waals surface area contributed by atoms with Gasteiger partial charge in [-0.2, -0.15) is 0 Å². The van der Waals surface area contributed by atoms with Crippen LogP contribution in [-0.2, 0) is 14.4 Å². The van der Waals surface area contributed by atoms with E-state index in [4.69, 9.17) is 0 Å². The third-order valence-electron chi connectivity index (χ3n) is 4.89. The second-order valence-electron chi connectivity index (χ2n) is 6.73. The predicted molar refractivity (Wildman–Crippen MR) is 93.6 cm³/mol. The standard InChI is InChI=1S/C19H25N3O3/c23-17(10-13-22-18(24)8-9-19(22)25)20-16(14-21-11-4-5-12-21)15-6-2-1-3-7-15/h1-3,6-7,16H,4-5,8-14H2,(H,20,23). The van der Waals surface area contributed by atoms with Crippen LogP contribution in [0.25, 0.3) is 0 Å². The molecule has 0 saturated carbocycles. The number of nitrogens with one attached hydrogen (secondary N) is 1. The third-order valence-corrected chi connectivity index (χ3v) is 4.89. The minimum atomic E-state index is -0.172. The molecule has 25 heavy (non-hydrogen) atoms. The van der Waals surface area contributed by atoms with E-state index in [0.717, 1.165) is 25.2 Å². The Morgan fingerprint density at radius 2 is 1.68 bits per heavy atom. The first-order chi connectivity index (χ1) is 12.1. The molecule has 0 bridgehead atoms. The summed E-state index contributed by atoms with van der Waals surface area (Å²) < 4.78 is 0. The van der Waals surface area contributed by atoms with Gasteiger partial charge in [-0.05, 0) is 31.5 Å². The zero-order chi connectivity index (χ0) is 17.6. The summed E-state index contributed by atoms with van der Waals surface area (Å²) in [4.78, 5) is 39.2. The summed E-state index contributed by atoms with van der Waals surface area (Å²) in [6.07, 6.45) is 3.09. The number of benzene rings is 1. The van der Waals surface area contributed by atoms with E-state index in [2.05, 4.69) is 10.2 Å². The van der Waals surface area contributed by atoms with Crippen molar-refractivity contribution in [1.82, 2.24) is 15.1 Å². The van der Waals surface area contributed by atoms with Gasteiger partial charge in [-0.15, -0.1) is 0 Å². The molecule has 2 saturated heterocycles. The summed E-state index contributed by atoms with van der Waals surface area (Å²) in [5, 5.41) is 3.08. The summed E-state index contributed by atoms with van der Waals surface area (Å²) in [5.41, 5.74) is 1.08. The Kier molecular flexibility index (Phi) is 5.81. The fourth-order valence-corrected chi connectivity index (χ4v) is 3.50. The van der Waals surface area contributed by atoms with E-state index in [-0.39, 0.29) is 49.6 Å². The molecule has 0 spiro atoms. The highest BCUT2D eigenvalue weighted by Gasteiger charge is 2.29. The molecule has 1 N–H and O–H groups in total. The van der Waals surface area contributed by atoms with Crippen molar-refractivity contribution in [2.24, 2.45) is 0 Å². The molecule has 0 aliphatic carbocycles. The van der Waals surface area contributed by atoms with Gasteiger partial charge in [-0.25, -0.2) is 0 Å². The maximum absolute atomic E-state index is 12.4. The number of hydrogen-bond acceptors (Lipinski definition) is 4. The number of amides is 3. The zero-order valence-corrected chi connectivity index (χ0v) is 14.4. The topological polar surface area (TPSA) is 69.7 Å². The van der Waals surface area contributed by atoms with Gasteiger partial charge in [0.2, 0.25) is 17.7 Å². The Labute approximate surface area is 148 Å². The molecule has 6 nitrogen and oxygen atoms in total. The number of nitrogens with zero attached hydrogens (tertiary/aromatic N) is 2. The minimum Gasteiger partial charge on any atom is -0.348 e. The number of carbonyl (C=O) groups excluding carboxylic acids is 3. The van der Waals surface area contributed by atoms with E-state index >= 15 is 0 Å². The molecular formula is C19H25N3O3. The number of imide groups is 1. The SMILES string of the molecule is O=C(CCN1C(=O)CCC1=O)NC(CN1CCCC1)c1ccccc1. The minimum absolute atomic E-state index is 0.0724. The number of carbonyl (C=O) groups is 3. The molecule has 0 radical (unpaired) electrons. The zero-order valence-electron chi connectivity index (χ0n) is 14.4. The van der Waals surface area contributed by atoms with Gasteiger partial charge in [0, 0.05) is 32.4 Å². The lowest BCUT2D eigenvalue weighted by Gasteiger charge is -2.25. The summed E-state index contributed by atoms with van der Waals surface area (Å²) >= 11 is 0. The Morgan fingerprint density at radius 3 is 2.32 bits per heavy atom. The fraction of sp³-hybridized carbons (Fsp3) is 0.526. The highest BCUT2D eigenvalue weighted by molar-refractivity contribution is 6.02. The van der Waals surface area contributed by atoms with Crippen molar-refractivity contribution >= 4 is 17.7 Å². The van der Waals surface area contributed by atoms with Gasteiger partial charge in [0.15, 0.2) is 0 Å². The Bertz CT molecular complexity index is 610. The number of hydrogen-bond donors (Lipinski definition) is 1. The molecule has 2 aliphatic rings. The predicted octanol–water partition coefficient (Wildman–Crippen LogP) is 1.48. The lowest BCUT2D eigenvalue weighted by Crippen LogP contribution is -2.39. The van der Waals surface area contributed by atoms with Crippen LogP contribution >= 0.6 is 0 Å². The molecule has 1 atom stereocenters. The van der Waals surface area contributed by atoms with E-state index in [1.54, 1.807) is 0 Å². The second kappa shape index (κ2) is 8.25. The van der Waals surface area contributed by atoms with Gasteiger partial charge < -0.3 is 10.2 Å². The maximum atomic E-state index is 12.4. The first-order valence-electron chi connectivity index (χ1n) is 9.03. The van der Waals surface area contributed by atoms with Crippen LogP contribution in [-0.4, -0.2) is 53.7 Å². The van der Waals surface area contributed by atoms with Crippen LogP contribution in [0.5, 0.6) is 0 Å². The van der Waals surface area contributed by atoms with Crippen LogP contribution in [0.3, 0.4) is 0 Å². The van der Waals surface area contributed by atoms with Crippen LogP contribution in [0.2, 0.25) is 0 Å². The Morgan fingerprint density at radius 1 is 1.04 bits per heavy atom. The summed E-state index contributed by atoms with van der Waals surface area (Å²) in [7, 11) is 0. The molecule has 134 valence electrons. The molecule has 6 heteroatoms. The second-order valence-corrected chi connectivity index (χ2v) is 6.73. The van der Waals surface area contributed by atoms with Crippen molar-refractivity contribution in [3.63, 3.8) is 0 Å². The highest BCUT2D eigenvalue weighted by atomic mass is 16.2. The van der Waals surface area contributed by atoms with Crippen LogP contribution in [0.4, 0.5) is 0 Å². The van der Waals surface area contributed by atoms with Crippen molar-refractivity contribution < 1.29 is 14.4 Å². The van der Waals surface area contributed by atoms with Gasteiger partial charge in [0.05, 0.1) is 6.04 Å². The van der Waals surface area contributed by atoms with Crippen molar-refractivity contribution in [2.75, 3.05) is 26.2 Å². The lowest BCUT2D eigenvalue weighted by molar-refractivity contribution is -0.138. The molecule has 0 aromatic heterocycles. The van der Waals surface area contributed by atoms with E-state index in [1.165, 1.54) is 17.7 Å². The summed E-state index contributed by atoms with van der Waals surface area (Å²) in [6, 6.07) is 9.88. The van der Waals surface area contributed by atoms with Crippen LogP contribution in [0.15, 0.2) is 30.3 Å². The normalized spacial score (nSPS) is 19.4. The average Bonchev–Trinajstić information content (AvgIpc) is 3.24. The quantitative estimate of drug-likeness (QED) is 0.762. The van der Waals surface area contributed by atoms with Gasteiger partial charge in [0.25, 0.3) is 0 Å². The van der Waals surface area contributed by atoms with Crippen LogP contribution < -0.4 is 5.32 Å². The maximum Gasteiger partial charge on any atom is 0.229 e. The van der Waals surface area contributed by atoms with Gasteiger partial charge in [-0.3, -0.25) is 19.3 Å². The van der Waals surface area contributed by atoms with E-state index < -0.39 is 0 Å². The van der Waals surface area contributed by atoms with E-state index in [1.807, 2.05) is 30.3 Å². The van der Waals surface area contributed by atoms with E-state index in [0.29, 0.717) is 0 Å². The molecule has 1 aromatic carbocycles. The van der Waals surface area contributed by atoms with Crippen LogP contribution in [0.1, 0.15) is 43.7 Å². The van der Waals surface area contributed by atoms with Crippen molar-refractivity contribution in [2.45, 2.75) is 38.1 Å². The molecule has 2 aliphatic heterocycles. The summed E-state index contributed by atoms with van der Waals surface area (Å²) in [6.45, 7) is 3.10. The van der Waals surface area contributed by atoms with Crippen molar-refractivity contribution in [3.05, 3.63) is 35.9 Å². The molecule has 1 unspecified atom stereocenters. The molecule has 2 heterocycles. The number of likely N-dealkylation sites (tertiary alicyclic amines) is 2. The molecule has 1 aromatic rings. The number of rotatable bonds is 7. The average molecular weight is 343 g/mol. The monoisotopic (exact) mass is 343 g/mol. The van der Waals surface area contributed by atoms with Gasteiger partial charge in [-0.1, -0.05) is 30.3 Å². The first-order valence-corrected chi connectivity index (χ1v) is 9.03. The van der Waals surface area contributed by atoms with E-state index in [9.17, 15) is 14.4 Å². The molecular weight excluding hydrogens is 318 g/mol. The third kappa shape index (κ3) is 4.66. The molecule has 3 rings (SSSR count). The molecule has 2 fully saturated rings. The summed E-state index contributed by atoms with van der Waals surface area (Å²) in [5.74, 6) is -0.468. The largest absolute Gasteiger partial charge is 0.348 e.